The summed E-state index contributed by atoms with van der Waals surface area (Å²) < 4.78 is 5.25. The molecule has 0 bridgehead atoms. The molecule has 8 heteroatoms. The van der Waals surface area contributed by atoms with Crippen LogP contribution in [0.5, 0.6) is 0 Å². The number of rotatable bonds is 6. The van der Waals surface area contributed by atoms with Crippen LogP contribution in [0.4, 0.5) is 5.95 Å². The first-order chi connectivity index (χ1) is 14.7. The molecule has 0 N–H and O–H groups in total. The zero-order valence-electron chi connectivity index (χ0n) is 17.1. The van der Waals surface area contributed by atoms with Gasteiger partial charge in [0.1, 0.15) is 0 Å². The minimum Gasteiger partial charge on any atom is -0.452 e. The van der Waals surface area contributed by atoms with E-state index < -0.39 is 5.97 Å². The number of benzene rings is 1. The van der Waals surface area contributed by atoms with Crippen molar-refractivity contribution in [2.45, 2.75) is 19.4 Å². The topological polar surface area (TPSA) is 78.9 Å². The van der Waals surface area contributed by atoms with Crippen molar-refractivity contribution < 1.29 is 14.3 Å². The highest BCUT2D eigenvalue weighted by atomic mass is 16.5. The Hall–Kier alpha value is -3.00. The lowest BCUT2D eigenvalue weighted by molar-refractivity contribution is -0.134. The Morgan fingerprint density at radius 1 is 0.900 bits per heavy atom. The van der Waals surface area contributed by atoms with E-state index in [1.54, 1.807) is 35.5 Å². The highest BCUT2D eigenvalue weighted by Crippen LogP contribution is 2.14. The summed E-state index contributed by atoms with van der Waals surface area (Å²) in [4.78, 5) is 39.4. The number of carbonyl (C=O) groups is 2. The number of esters is 1. The zero-order chi connectivity index (χ0) is 20.8. The number of likely N-dealkylation sites (tertiary alicyclic amines) is 1. The fourth-order valence-corrected chi connectivity index (χ4v) is 3.86. The van der Waals surface area contributed by atoms with Gasteiger partial charge in [-0.1, -0.05) is 12.1 Å². The molecule has 1 aromatic heterocycles. The molecule has 2 fully saturated rings. The summed E-state index contributed by atoms with van der Waals surface area (Å²) in [5, 5.41) is 0. The minimum absolute atomic E-state index is 0.178. The van der Waals surface area contributed by atoms with E-state index in [1.807, 2.05) is 17.0 Å². The van der Waals surface area contributed by atoms with E-state index in [1.165, 1.54) is 18.4 Å². The fraction of sp³-hybridized carbons (Fsp3) is 0.455. The highest BCUT2D eigenvalue weighted by molar-refractivity contribution is 5.91. The molecule has 158 valence electrons. The Kier molecular flexibility index (Phi) is 6.53. The Bertz CT molecular complexity index is 845. The van der Waals surface area contributed by atoms with Gasteiger partial charge in [-0.05, 0) is 49.7 Å². The Morgan fingerprint density at radius 3 is 2.23 bits per heavy atom. The van der Waals surface area contributed by atoms with Crippen molar-refractivity contribution >= 4 is 17.8 Å². The number of hydrogen-bond acceptors (Lipinski definition) is 7. The van der Waals surface area contributed by atoms with Crippen LogP contribution in [0.3, 0.4) is 0 Å². The van der Waals surface area contributed by atoms with E-state index in [0.717, 1.165) is 19.6 Å². The average Bonchev–Trinajstić information content (AvgIpc) is 3.31. The van der Waals surface area contributed by atoms with E-state index in [-0.39, 0.29) is 12.5 Å². The maximum atomic E-state index is 12.4. The molecule has 3 heterocycles. The molecule has 0 saturated carbocycles. The van der Waals surface area contributed by atoms with E-state index in [0.29, 0.717) is 37.7 Å². The molecule has 0 unspecified atom stereocenters. The summed E-state index contributed by atoms with van der Waals surface area (Å²) in [6.45, 7) is 5.37. The molecule has 2 aromatic rings. The lowest BCUT2D eigenvalue weighted by atomic mass is 10.1. The molecule has 0 spiro atoms. The van der Waals surface area contributed by atoms with E-state index in [9.17, 15) is 9.59 Å². The van der Waals surface area contributed by atoms with Gasteiger partial charge in [0.2, 0.25) is 5.95 Å². The number of nitrogens with zero attached hydrogens (tertiary/aromatic N) is 5. The number of hydrogen-bond donors (Lipinski definition) is 0. The summed E-state index contributed by atoms with van der Waals surface area (Å²) in [6, 6.07) is 9.25. The Labute approximate surface area is 176 Å². The Balaban J connectivity index is 1.21. The van der Waals surface area contributed by atoms with Gasteiger partial charge in [-0.25, -0.2) is 14.8 Å². The molecule has 0 atom stereocenters. The number of amides is 1. The van der Waals surface area contributed by atoms with Gasteiger partial charge in [-0.15, -0.1) is 0 Å². The van der Waals surface area contributed by atoms with E-state index in [2.05, 4.69) is 14.9 Å². The van der Waals surface area contributed by atoms with Crippen molar-refractivity contribution in [3.63, 3.8) is 0 Å². The quantitative estimate of drug-likeness (QED) is 0.670. The summed E-state index contributed by atoms with van der Waals surface area (Å²) in [5.41, 5.74) is 1.66. The Morgan fingerprint density at radius 2 is 1.57 bits per heavy atom. The van der Waals surface area contributed by atoms with Crippen LogP contribution in [0.15, 0.2) is 42.7 Å². The summed E-state index contributed by atoms with van der Waals surface area (Å²) in [7, 11) is 0. The number of anilines is 1. The minimum atomic E-state index is -0.465. The molecular weight excluding hydrogens is 382 g/mol. The zero-order valence-corrected chi connectivity index (χ0v) is 17.1. The van der Waals surface area contributed by atoms with Gasteiger partial charge in [-0.2, -0.15) is 0 Å². The monoisotopic (exact) mass is 409 g/mol. The van der Waals surface area contributed by atoms with Crippen molar-refractivity contribution in [1.29, 1.82) is 0 Å². The van der Waals surface area contributed by atoms with Crippen LogP contribution < -0.4 is 4.90 Å². The first-order valence-corrected chi connectivity index (χ1v) is 10.5. The van der Waals surface area contributed by atoms with Crippen LogP contribution in [-0.2, 0) is 16.1 Å². The molecule has 30 heavy (non-hydrogen) atoms. The summed E-state index contributed by atoms with van der Waals surface area (Å²) in [5.74, 6) is 0.0271. The smallest absolute Gasteiger partial charge is 0.338 e. The molecule has 2 aliphatic heterocycles. The van der Waals surface area contributed by atoms with Crippen LogP contribution in [0.2, 0.25) is 0 Å². The van der Waals surface area contributed by atoms with Gasteiger partial charge in [-0.3, -0.25) is 9.69 Å². The van der Waals surface area contributed by atoms with Crippen molar-refractivity contribution in [2.24, 2.45) is 0 Å². The number of piperazine rings is 1. The largest absolute Gasteiger partial charge is 0.452 e. The van der Waals surface area contributed by atoms with Gasteiger partial charge < -0.3 is 14.5 Å². The molecule has 2 saturated heterocycles. The second-order valence-corrected chi connectivity index (χ2v) is 7.67. The second-order valence-electron chi connectivity index (χ2n) is 7.67. The van der Waals surface area contributed by atoms with Crippen molar-refractivity contribution in [3.05, 3.63) is 53.9 Å². The summed E-state index contributed by atoms with van der Waals surface area (Å²) >= 11 is 0. The molecule has 4 rings (SSSR count). The standard InChI is InChI=1S/C22H27N5O3/c28-20(26-12-14-27(15-13-26)22-23-8-3-9-24-22)17-30-21(29)19-6-4-18(5-7-19)16-25-10-1-2-11-25/h3-9H,1-2,10-17H2. The highest BCUT2D eigenvalue weighted by Gasteiger charge is 2.23. The third-order valence-corrected chi connectivity index (χ3v) is 5.59. The predicted octanol–water partition coefficient (Wildman–Crippen LogP) is 1.58. The van der Waals surface area contributed by atoms with Crippen molar-refractivity contribution in [3.8, 4) is 0 Å². The SMILES string of the molecule is O=C(OCC(=O)N1CCN(c2ncccn2)CC1)c1ccc(CN2CCCC2)cc1. The molecule has 0 aliphatic carbocycles. The maximum Gasteiger partial charge on any atom is 0.338 e. The summed E-state index contributed by atoms with van der Waals surface area (Å²) in [6.07, 6.45) is 5.93. The molecule has 1 amide bonds. The van der Waals surface area contributed by atoms with Gasteiger partial charge >= 0.3 is 5.97 Å². The molecule has 8 nitrogen and oxygen atoms in total. The molecular formula is C22H27N5O3. The van der Waals surface area contributed by atoms with Gasteiger partial charge in [0.05, 0.1) is 5.56 Å². The van der Waals surface area contributed by atoms with Crippen LogP contribution in [0.1, 0.15) is 28.8 Å². The van der Waals surface area contributed by atoms with Crippen LogP contribution in [0, 0.1) is 0 Å². The maximum absolute atomic E-state index is 12.4. The number of ether oxygens (including phenoxy) is 1. The third-order valence-electron chi connectivity index (χ3n) is 5.59. The van der Waals surface area contributed by atoms with Crippen LogP contribution in [0.25, 0.3) is 0 Å². The average molecular weight is 409 g/mol. The molecule has 1 aromatic carbocycles. The second kappa shape index (κ2) is 9.67. The van der Waals surface area contributed by atoms with Gasteiger partial charge in [0.25, 0.3) is 5.91 Å². The van der Waals surface area contributed by atoms with E-state index >= 15 is 0 Å². The lowest BCUT2D eigenvalue weighted by Crippen LogP contribution is -2.50. The normalized spacial score (nSPS) is 17.2. The fourth-order valence-electron chi connectivity index (χ4n) is 3.86. The first kappa shape index (κ1) is 20.3. The van der Waals surface area contributed by atoms with E-state index in [4.69, 9.17) is 4.74 Å². The number of aromatic nitrogens is 2. The van der Waals surface area contributed by atoms with Crippen LogP contribution in [-0.4, -0.2) is 77.5 Å². The van der Waals surface area contributed by atoms with Gasteiger partial charge in [0.15, 0.2) is 6.61 Å². The predicted molar refractivity (Wildman–Crippen MR) is 112 cm³/mol. The molecule has 0 radical (unpaired) electrons. The lowest BCUT2D eigenvalue weighted by Gasteiger charge is -2.34. The van der Waals surface area contributed by atoms with Crippen LogP contribution >= 0.6 is 0 Å². The third kappa shape index (κ3) is 5.13. The van der Waals surface area contributed by atoms with Crippen molar-refractivity contribution in [2.75, 3.05) is 50.8 Å². The van der Waals surface area contributed by atoms with Gasteiger partial charge in [0, 0.05) is 45.1 Å². The van der Waals surface area contributed by atoms with Crippen molar-refractivity contribution in [1.82, 2.24) is 19.8 Å². The molecule has 2 aliphatic rings. The first-order valence-electron chi connectivity index (χ1n) is 10.5. The number of carbonyl (C=O) groups excluding carboxylic acids is 2.